The number of rotatable bonds is 4. The van der Waals surface area contributed by atoms with Crippen molar-refractivity contribution in [3.8, 4) is 5.75 Å². The van der Waals surface area contributed by atoms with Crippen LogP contribution in [-0.2, 0) is 0 Å². The summed E-state index contributed by atoms with van der Waals surface area (Å²) in [7, 11) is 1.52. The Labute approximate surface area is 98.8 Å². The van der Waals surface area contributed by atoms with Crippen molar-refractivity contribution in [2.45, 2.75) is 13.0 Å². The minimum atomic E-state index is -0.284. The van der Waals surface area contributed by atoms with Gasteiger partial charge in [-0.1, -0.05) is 6.07 Å². The number of nitrogens with zero attached hydrogens (tertiary/aromatic N) is 1. The number of nitrogens with one attached hydrogen (secondary N) is 2. The van der Waals surface area contributed by atoms with E-state index in [1.807, 2.05) is 6.92 Å². The Kier molecular flexibility index (Phi) is 3.27. The van der Waals surface area contributed by atoms with Gasteiger partial charge in [0.15, 0.2) is 0 Å². The van der Waals surface area contributed by atoms with Crippen LogP contribution >= 0.6 is 0 Å². The summed E-state index contributed by atoms with van der Waals surface area (Å²) in [5, 5.41) is 9.65. The van der Waals surface area contributed by atoms with Crippen molar-refractivity contribution in [1.29, 1.82) is 0 Å². The zero-order chi connectivity index (χ0) is 12.3. The van der Waals surface area contributed by atoms with Crippen molar-refractivity contribution in [1.82, 2.24) is 10.2 Å². The average Bonchev–Trinajstić information content (AvgIpc) is 2.81. The van der Waals surface area contributed by atoms with Gasteiger partial charge in [0.05, 0.1) is 25.0 Å². The van der Waals surface area contributed by atoms with E-state index in [9.17, 15) is 4.39 Å². The lowest BCUT2D eigenvalue weighted by atomic mass is 10.1. The van der Waals surface area contributed by atoms with E-state index in [1.54, 1.807) is 24.5 Å². The van der Waals surface area contributed by atoms with Gasteiger partial charge in [-0.15, -0.1) is 0 Å². The van der Waals surface area contributed by atoms with Crippen molar-refractivity contribution < 1.29 is 9.13 Å². The predicted molar refractivity (Wildman–Crippen MR) is 63.6 cm³/mol. The van der Waals surface area contributed by atoms with E-state index < -0.39 is 0 Å². The first-order valence-corrected chi connectivity index (χ1v) is 5.29. The van der Waals surface area contributed by atoms with Gasteiger partial charge in [-0.2, -0.15) is 5.10 Å². The fourth-order valence-electron chi connectivity index (χ4n) is 1.64. The maximum Gasteiger partial charge on any atom is 0.132 e. The summed E-state index contributed by atoms with van der Waals surface area (Å²) < 4.78 is 18.7. The van der Waals surface area contributed by atoms with Crippen LogP contribution in [0.25, 0.3) is 0 Å². The molecule has 5 heteroatoms. The minimum Gasteiger partial charge on any atom is -0.497 e. The maximum absolute atomic E-state index is 13.8. The highest BCUT2D eigenvalue weighted by Gasteiger charge is 2.11. The number of anilines is 1. The third-order valence-electron chi connectivity index (χ3n) is 2.56. The Bertz CT molecular complexity index is 485. The van der Waals surface area contributed by atoms with E-state index in [2.05, 4.69) is 15.5 Å². The SMILES string of the molecule is COc1ccc(C(C)Nc2cn[nH]c2)c(F)c1. The molecule has 0 aliphatic heterocycles. The molecule has 0 saturated heterocycles. The van der Waals surface area contributed by atoms with E-state index >= 15 is 0 Å². The number of aromatic amines is 1. The summed E-state index contributed by atoms with van der Waals surface area (Å²) in [5.41, 5.74) is 1.42. The summed E-state index contributed by atoms with van der Waals surface area (Å²) in [6.45, 7) is 1.89. The Morgan fingerprint density at radius 2 is 2.29 bits per heavy atom. The molecule has 4 nitrogen and oxygen atoms in total. The molecule has 0 saturated carbocycles. The van der Waals surface area contributed by atoms with Gasteiger partial charge in [0, 0.05) is 17.8 Å². The Balaban J connectivity index is 2.16. The minimum absolute atomic E-state index is 0.140. The molecule has 0 amide bonds. The molecule has 1 heterocycles. The molecule has 0 aliphatic rings. The molecule has 0 radical (unpaired) electrons. The second kappa shape index (κ2) is 4.86. The molecule has 2 N–H and O–H groups in total. The smallest absolute Gasteiger partial charge is 0.132 e. The van der Waals surface area contributed by atoms with Gasteiger partial charge < -0.3 is 10.1 Å². The van der Waals surface area contributed by atoms with Crippen LogP contribution in [0.2, 0.25) is 0 Å². The summed E-state index contributed by atoms with van der Waals surface area (Å²) >= 11 is 0. The molecular weight excluding hydrogens is 221 g/mol. The van der Waals surface area contributed by atoms with E-state index in [0.29, 0.717) is 11.3 Å². The van der Waals surface area contributed by atoms with Crippen molar-refractivity contribution in [2.24, 2.45) is 0 Å². The molecule has 1 unspecified atom stereocenters. The third-order valence-corrected chi connectivity index (χ3v) is 2.56. The van der Waals surface area contributed by atoms with Crippen LogP contribution in [0.1, 0.15) is 18.5 Å². The number of ether oxygens (including phenoxy) is 1. The standard InChI is InChI=1S/C12H14FN3O/c1-8(16-9-6-14-15-7-9)11-4-3-10(17-2)5-12(11)13/h3-8,16H,1-2H3,(H,14,15). The van der Waals surface area contributed by atoms with Crippen molar-refractivity contribution in [2.75, 3.05) is 12.4 Å². The summed E-state index contributed by atoms with van der Waals surface area (Å²) in [4.78, 5) is 0. The highest BCUT2D eigenvalue weighted by molar-refractivity contribution is 5.42. The van der Waals surface area contributed by atoms with E-state index in [-0.39, 0.29) is 11.9 Å². The Morgan fingerprint density at radius 1 is 1.47 bits per heavy atom. The average molecular weight is 235 g/mol. The van der Waals surface area contributed by atoms with E-state index in [0.717, 1.165) is 5.69 Å². The third kappa shape index (κ3) is 2.55. The van der Waals surface area contributed by atoms with Crippen LogP contribution in [-0.4, -0.2) is 17.3 Å². The molecule has 2 rings (SSSR count). The topological polar surface area (TPSA) is 49.9 Å². The van der Waals surface area contributed by atoms with Crippen LogP contribution in [0, 0.1) is 5.82 Å². The number of hydrogen-bond acceptors (Lipinski definition) is 3. The van der Waals surface area contributed by atoms with Gasteiger partial charge in [0.1, 0.15) is 11.6 Å². The Morgan fingerprint density at radius 3 is 2.88 bits per heavy atom. The largest absolute Gasteiger partial charge is 0.497 e. The first-order chi connectivity index (χ1) is 8.20. The second-order valence-electron chi connectivity index (χ2n) is 3.74. The maximum atomic E-state index is 13.8. The fraction of sp³-hybridized carbons (Fsp3) is 0.250. The van der Waals surface area contributed by atoms with Gasteiger partial charge >= 0.3 is 0 Å². The van der Waals surface area contributed by atoms with Gasteiger partial charge in [-0.05, 0) is 13.0 Å². The normalized spacial score (nSPS) is 12.2. The summed E-state index contributed by atoms with van der Waals surface area (Å²) in [6, 6.07) is 4.69. The summed E-state index contributed by atoms with van der Waals surface area (Å²) in [5.74, 6) is 0.231. The highest BCUT2D eigenvalue weighted by atomic mass is 19.1. The first-order valence-electron chi connectivity index (χ1n) is 5.29. The zero-order valence-electron chi connectivity index (χ0n) is 9.70. The Hall–Kier alpha value is -2.04. The van der Waals surface area contributed by atoms with Crippen molar-refractivity contribution >= 4 is 5.69 Å². The van der Waals surface area contributed by atoms with Crippen LogP contribution in [0.15, 0.2) is 30.6 Å². The van der Waals surface area contributed by atoms with Crippen LogP contribution in [0.5, 0.6) is 5.75 Å². The molecular formula is C12H14FN3O. The first kappa shape index (κ1) is 11.4. The van der Waals surface area contributed by atoms with Gasteiger partial charge in [-0.3, -0.25) is 5.10 Å². The summed E-state index contributed by atoms with van der Waals surface area (Å²) in [6.07, 6.45) is 3.37. The highest BCUT2D eigenvalue weighted by Crippen LogP contribution is 2.24. The molecule has 0 fully saturated rings. The van der Waals surface area contributed by atoms with Gasteiger partial charge in [0.2, 0.25) is 0 Å². The molecule has 2 aromatic rings. The van der Waals surface area contributed by atoms with Crippen LogP contribution < -0.4 is 10.1 Å². The molecule has 0 spiro atoms. The van der Waals surface area contributed by atoms with E-state index in [1.165, 1.54) is 13.2 Å². The number of methoxy groups -OCH3 is 1. The molecule has 17 heavy (non-hydrogen) atoms. The van der Waals surface area contributed by atoms with Crippen LogP contribution in [0.3, 0.4) is 0 Å². The molecule has 1 aromatic carbocycles. The number of aromatic nitrogens is 2. The molecule has 90 valence electrons. The zero-order valence-corrected chi connectivity index (χ0v) is 9.70. The van der Waals surface area contributed by atoms with Crippen LogP contribution in [0.4, 0.5) is 10.1 Å². The molecule has 0 bridgehead atoms. The lowest BCUT2D eigenvalue weighted by Gasteiger charge is -2.15. The molecule has 1 atom stereocenters. The fourth-order valence-corrected chi connectivity index (χ4v) is 1.64. The molecule has 1 aromatic heterocycles. The van der Waals surface area contributed by atoms with E-state index in [4.69, 9.17) is 4.74 Å². The number of halogens is 1. The second-order valence-corrected chi connectivity index (χ2v) is 3.74. The quantitative estimate of drug-likeness (QED) is 0.856. The molecule has 0 aliphatic carbocycles. The lowest BCUT2D eigenvalue weighted by molar-refractivity contribution is 0.410. The number of H-pyrrole nitrogens is 1. The van der Waals surface area contributed by atoms with Crippen molar-refractivity contribution in [3.63, 3.8) is 0 Å². The monoisotopic (exact) mass is 235 g/mol. The predicted octanol–water partition coefficient (Wildman–Crippen LogP) is 2.73. The van der Waals surface area contributed by atoms with Crippen molar-refractivity contribution in [3.05, 3.63) is 42.0 Å². The number of benzene rings is 1. The van der Waals surface area contributed by atoms with Gasteiger partial charge in [-0.25, -0.2) is 4.39 Å². The lowest BCUT2D eigenvalue weighted by Crippen LogP contribution is -2.08. The number of hydrogen-bond donors (Lipinski definition) is 2. The van der Waals surface area contributed by atoms with Gasteiger partial charge in [0.25, 0.3) is 0 Å².